The van der Waals surface area contributed by atoms with Crippen LogP contribution < -0.4 is 0 Å². The fourth-order valence-electron chi connectivity index (χ4n) is 10.1. The van der Waals surface area contributed by atoms with Gasteiger partial charge >= 0.3 is 0 Å². The van der Waals surface area contributed by atoms with Crippen molar-refractivity contribution >= 4 is 65.2 Å². The summed E-state index contributed by atoms with van der Waals surface area (Å²) in [4.78, 5) is 5.64. The molecule has 0 amide bonds. The van der Waals surface area contributed by atoms with Gasteiger partial charge in [-0.1, -0.05) is 164 Å². The van der Waals surface area contributed by atoms with E-state index in [-0.39, 0.29) is 0 Å². The molecule has 3 heteroatoms. The van der Waals surface area contributed by atoms with Crippen LogP contribution in [-0.2, 0) is 0 Å². The third-order valence-corrected chi connectivity index (χ3v) is 13.0. The van der Waals surface area contributed by atoms with Crippen molar-refractivity contribution in [3.63, 3.8) is 0 Å². The summed E-state index contributed by atoms with van der Waals surface area (Å²) in [7, 11) is 0. The Morgan fingerprint density at radius 1 is 0.250 bits per heavy atom. The van der Waals surface area contributed by atoms with Crippen LogP contribution in [0.25, 0.3) is 121 Å². The van der Waals surface area contributed by atoms with Crippen LogP contribution in [0.5, 0.6) is 0 Å². The first-order valence-corrected chi connectivity index (χ1v) is 21.9. The van der Waals surface area contributed by atoms with Gasteiger partial charge in [0, 0.05) is 44.0 Å². The second-order valence-electron chi connectivity index (χ2n) is 16.7. The van der Waals surface area contributed by atoms with Crippen molar-refractivity contribution in [3.8, 4) is 56.1 Å². The zero-order valence-corrected chi connectivity index (χ0v) is 34.9. The lowest BCUT2D eigenvalue weighted by Gasteiger charge is -2.17. The van der Waals surface area contributed by atoms with E-state index in [1.54, 1.807) is 0 Å². The van der Waals surface area contributed by atoms with E-state index in [2.05, 4.69) is 246 Å². The molecule has 0 fully saturated rings. The van der Waals surface area contributed by atoms with Crippen molar-refractivity contribution in [1.82, 2.24) is 14.1 Å². The molecular weight excluding hydrogens is 775 g/mol. The maximum atomic E-state index is 5.64. The fraction of sp³-hybridized carbons (Fsp3) is 0. The number of para-hydroxylation sites is 4. The van der Waals surface area contributed by atoms with Gasteiger partial charge in [-0.15, -0.1) is 0 Å². The lowest BCUT2D eigenvalue weighted by Crippen LogP contribution is -1.98. The quantitative estimate of drug-likeness (QED) is 0.153. The van der Waals surface area contributed by atoms with E-state index in [4.69, 9.17) is 4.98 Å². The standard InChI is InChI=1S/C61H39N3/c1-3-17-40(18-4-1)43-37-56(42-31-32-54-53-27-13-14-28-58(53)63(61(54)39-42)46-20-5-2-6-21-46)62-57(38-43)45-33-44(55-36-41-19-7-8-22-48(41)49-23-9-10-24-50(49)55)34-47(35-45)64-59-29-15-11-25-51(59)52-26-12-16-30-60(52)64/h1-39H. The molecule has 13 rings (SSSR count). The summed E-state index contributed by atoms with van der Waals surface area (Å²) in [6, 6.07) is 85.9. The Morgan fingerprint density at radius 2 is 0.750 bits per heavy atom. The number of hydrogen-bond donors (Lipinski definition) is 0. The number of nitrogens with zero attached hydrogens (tertiary/aromatic N) is 3. The highest BCUT2D eigenvalue weighted by Crippen LogP contribution is 2.42. The Hall–Kier alpha value is -8.53. The summed E-state index contributed by atoms with van der Waals surface area (Å²) in [5, 5.41) is 9.85. The number of benzene rings is 10. The minimum atomic E-state index is 0.911. The molecule has 0 saturated heterocycles. The molecule has 10 aromatic carbocycles. The van der Waals surface area contributed by atoms with Gasteiger partial charge in [0.15, 0.2) is 0 Å². The van der Waals surface area contributed by atoms with Crippen LogP contribution in [0.15, 0.2) is 237 Å². The SMILES string of the molecule is c1ccc(-c2cc(-c3cc(-c4cc5ccccc5c5ccccc45)cc(-n4c5ccccc5c5ccccc54)c3)nc(-c3ccc4c5ccccc5n(-c5ccccc5)c4c3)c2)cc1. The summed E-state index contributed by atoms with van der Waals surface area (Å²) >= 11 is 0. The molecule has 298 valence electrons. The molecule has 3 heterocycles. The lowest BCUT2D eigenvalue weighted by atomic mass is 9.91. The van der Waals surface area contributed by atoms with E-state index < -0.39 is 0 Å². The first-order chi connectivity index (χ1) is 31.7. The molecule has 64 heavy (non-hydrogen) atoms. The third kappa shape index (κ3) is 5.79. The zero-order chi connectivity index (χ0) is 42.1. The van der Waals surface area contributed by atoms with Gasteiger partial charge in [-0.3, -0.25) is 0 Å². The minimum absolute atomic E-state index is 0.911. The number of fused-ring (bicyclic) bond motifs is 9. The molecule has 13 aromatic rings. The van der Waals surface area contributed by atoms with Gasteiger partial charge in [0.1, 0.15) is 0 Å². The predicted molar refractivity (Wildman–Crippen MR) is 270 cm³/mol. The normalized spacial score (nSPS) is 11.8. The highest BCUT2D eigenvalue weighted by Gasteiger charge is 2.19. The van der Waals surface area contributed by atoms with Crippen molar-refractivity contribution in [3.05, 3.63) is 237 Å². The molecular formula is C61H39N3. The average molecular weight is 814 g/mol. The van der Waals surface area contributed by atoms with Crippen LogP contribution in [0.3, 0.4) is 0 Å². The highest BCUT2D eigenvalue weighted by molar-refractivity contribution is 6.15. The van der Waals surface area contributed by atoms with Crippen LogP contribution in [0.4, 0.5) is 0 Å². The Kier molecular flexibility index (Phi) is 8.22. The Bertz CT molecular complexity index is 3900. The largest absolute Gasteiger partial charge is 0.309 e. The van der Waals surface area contributed by atoms with E-state index in [0.29, 0.717) is 0 Å². The molecule has 0 bridgehead atoms. The molecule has 0 saturated carbocycles. The predicted octanol–water partition coefficient (Wildman–Crippen LogP) is 16.3. The first-order valence-electron chi connectivity index (χ1n) is 21.9. The summed E-state index contributed by atoms with van der Waals surface area (Å²) in [6.07, 6.45) is 0. The topological polar surface area (TPSA) is 22.8 Å². The van der Waals surface area contributed by atoms with Gasteiger partial charge in [0.2, 0.25) is 0 Å². The van der Waals surface area contributed by atoms with E-state index in [0.717, 1.165) is 56.1 Å². The fourth-order valence-corrected chi connectivity index (χ4v) is 10.1. The minimum Gasteiger partial charge on any atom is -0.309 e. The number of rotatable bonds is 6. The van der Waals surface area contributed by atoms with Crippen LogP contribution in [0.1, 0.15) is 0 Å². The summed E-state index contributed by atoms with van der Waals surface area (Å²) in [5.41, 5.74) is 15.4. The third-order valence-electron chi connectivity index (χ3n) is 13.0. The van der Waals surface area contributed by atoms with Gasteiger partial charge in [0.25, 0.3) is 0 Å². The molecule has 0 aliphatic carbocycles. The summed E-state index contributed by atoms with van der Waals surface area (Å²) in [6.45, 7) is 0. The maximum Gasteiger partial charge on any atom is 0.0716 e. The highest BCUT2D eigenvalue weighted by atomic mass is 15.0. The van der Waals surface area contributed by atoms with Gasteiger partial charge < -0.3 is 9.13 Å². The van der Waals surface area contributed by atoms with E-state index in [1.165, 1.54) is 65.2 Å². The number of hydrogen-bond acceptors (Lipinski definition) is 1. The van der Waals surface area contributed by atoms with Crippen LogP contribution in [-0.4, -0.2) is 14.1 Å². The van der Waals surface area contributed by atoms with Crippen molar-refractivity contribution < 1.29 is 0 Å². The molecule has 0 unspecified atom stereocenters. The van der Waals surface area contributed by atoms with E-state index in [9.17, 15) is 0 Å². The Balaban J connectivity index is 1.10. The zero-order valence-electron chi connectivity index (χ0n) is 34.9. The van der Waals surface area contributed by atoms with Gasteiger partial charge in [-0.05, 0) is 117 Å². The van der Waals surface area contributed by atoms with Crippen LogP contribution in [0, 0.1) is 0 Å². The van der Waals surface area contributed by atoms with Gasteiger partial charge in [-0.2, -0.15) is 0 Å². The van der Waals surface area contributed by atoms with Crippen molar-refractivity contribution in [2.75, 3.05) is 0 Å². The second-order valence-corrected chi connectivity index (χ2v) is 16.7. The van der Waals surface area contributed by atoms with Gasteiger partial charge in [-0.25, -0.2) is 4.98 Å². The molecule has 0 N–H and O–H groups in total. The molecule has 0 spiro atoms. The molecule has 0 atom stereocenters. The first kappa shape index (κ1) is 36.2. The maximum absolute atomic E-state index is 5.64. The lowest BCUT2D eigenvalue weighted by molar-refractivity contribution is 1.18. The Morgan fingerprint density at radius 3 is 1.42 bits per heavy atom. The number of aromatic nitrogens is 3. The average Bonchev–Trinajstić information content (AvgIpc) is 3.89. The smallest absolute Gasteiger partial charge is 0.0716 e. The molecule has 0 aliphatic rings. The summed E-state index contributed by atoms with van der Waals surface area (Å²) in [5.74, 6) is 0. The monoisotopic (exact) mass is 813 g/mol. The second kappa shape index (κ2) is 14.5. The van der Waals surface area contributed by atoms with Crippen LogP contribution in [0.2, 0.25) is 0 Å². The molecule has 3 aromatic heterocycles. The molecule has 0 aliphatic heterocycles. The van der Waals surface area contributed by atoms with E-state index in [1.807, 2.05) is 0 Å². The van der Waals surface area contributed by atoms with Crippen molar-refractivity contribution in [1.29, 1.82) is 0 Å². The van der Waals surface area contributed by atoms with Gasteiger partial charge in [0.05, 0.1) is 33.5 Å². The summed E-state index contributed by atoms with van der Waals surface area (Å²) < 4.78 is 4.81. The van der Waals surface area contributed by atoms with Crippen molar-refractivity contribution in [2.45, 2.75) is 0 Å². The van der Waals surface area contributed by atoms with Crippen LogP contribution >= 0.6 is 0 Å². The molecule has 0 radical (unpaired) electrons. The van der Waals surface area contributed by atoms with E-state index >= 15 is 0 Å². The Labute approximate surface area is 370 Å². The molecule has 3 nitrogen and oxygen atoms in total. The van der Waals surface area contributed by atoms with Crippen molar-refractivity contribution in [2.24, 2.45) is 0 Å². The number of pyridine rings is 1.